The van der Waals surface area contributed by atoms with Crippen LogP contribution in [0.1, 0.15) is 25.5 Å². The maximum atomic E-state index is 11.3. The summed E-state index contributed by atoms with van der Waals surface area (Å²) in [5.41, 5.74) is 0.624. The van der Waals surface area contributed by atoms with E-state index in [4.69, 9.17) is 9.29 Å². The number of nitrogens with zero attached hydrogens (tertiary/aromatic N) is 2. The second kappa shape index (κ2) is 5.10. The zero-order chi connectivity index (χ0) is 14.3. The van der Waals surface area contributed by atoms with Crippen LogP contribution >= 0.6 is 15.9 Å². The minimum Gasteiger partial charge on any atom is -0.356 e. The second-order valence-corrected chi connectivity index (χ2v) is 6.88. The van der Waals surface area contributed by atoms with E-state index in [0.717, 1.165) is 24.6 Å². The standard InChI is InChI=1S/C12H13BrN2O4S/c13-12-9-5-4-8(20(16,17)18)7-10(9)15(14-12)11-3-1-2-6-19-11/h4-5,7,11H,1-3,6H2,(H,16,17,18). The quantitative estimate of drug-likeness (QED) is 0.832. The van der Waals surface area contributed by atoms with Gasteiger partial charge in [-0.05, 0) is 53.4 Å². The van der Waals surface area contributed by atoms with Gasteiger partial charge < -0.3 is 4.74 Å². The molecule has 1 saturated heterocycles. The van der Waals surface area contributed by atoms with Crippen molar-refractivity contribution in [3.63, 3.8) is 0 Å². The molecule has 108 valence electrons. The third kappa shape index (κ3) is 2.48. The number of halogens is 1. The third-order valence-electron chi connectivity index (χ3n) is 3.36. The average Bonchev–Trinajstić information content (AvgIpc) is 2.76. The van der Waals surface area contributed by atoms with Crippen molar-refractivity contribution < 1.29 is 17.7 Å². The van der Waals surface area contributed by atoms with Crippen LogP contribution in [0.15, 0.2) is 27.7 Å². The minimum absolute atomic E-state index is 0.144. The molecule has 0 spiro atoms. The van der Waals surface area contributed by atoms with Gasteiger partial charge in [0.25, 0.3) is 10.1 Å². The Hall–Kier alpha value is -0.960. The number of rotatable bonds is 2. The molecular formula is C12H13BrN2O4S. The lowest BCUT2D eigenvalue weighted by Gasteiger charge is -2.23. The molecule has 1 aliphatic rings. The van der Waals surface area contributed by atoms with E-state index in [0.29, 0.717) is 16.7 Å². The number of benzene rings is 1. The first-order valence-electron chi connectivity index (χ1n) is 6.24. The van der Waals surface area contributed by atoms with Crippen molar-refractivity contribution in [2.24, 2.45) is 0 Å². The van der Waals surface area contributed by atoms with Crippen LogP contribution in [0.3, 0.4) is 0 Å². The first-order valence-corrected chi connectivity index (χ1v) is 8.47. The van der Waals surface area contributed by atoms with Crippen LogP contribution < -0.4 is 0 Å². The Bertz CT molecular complexity index is 750. The maximum absolute atomic E-state index is 11.3. The Morgan fingerprint density at radius 3 is 2.85 bits per heavy atom. The van der Waals surface area contributed by atoms with Crippen LogP contribution in [0.4, 0.5) is 0 Å². The van der Waals surface area contributed by atoms with Gasteiger partial charge in [-0.15, -0.1) is 0 Å². The number of fused-ring (bicyclic) bond motifs is 1. The SMILES string of the molecule is O=S(=O)(O)c1ccc2c(Br)nn(C3CCCCO3)c2c1. The Kier molecular flexibility index (Phi) is 3.57. The number of ether oxygens (including phenoxy) is 1. The van der Waals surface area contributed by atoms with Crippen molar-refractivity contribution in [3.8, 4) is 0 Å². The van der Waals surface area contributed by atoms with Gasteiger partial charge in [0.15, 0.2) is 6.23 Å². The lowest BCUT2D eigenvalue weighted by atomic mass is 10.2. The van der Waals surface area contributed by atoms with Crippen LogP contribution in [0.2, 0.25) is 0 Å². The van der Waals surface area contributed by atoms with Crippen molar-refractivity contribution in [3.05, 3.63) is 22.8 Å². The Morgan fingerprint density at radius 2 is 2.20 bits per heavy atom. The van der Waals surface area contributed by atoms with E-state index in [1.165, 1.54) is 12.1 Å². The van der Waals surface area contributed by atoms with Gasteiger partial charge in [0.1, 0.15) is 4.60 Å². The summed E-state index contributed by atoms with van der Waals surface area (Å²) in [5.74, 6) is 0. The predicted molar refractivity (Wildman–Crippen MR) is 76.1 cm³/mol. The van der Waals surface area contributed by atoms with E-state index in [1.807, 2.05) is 0 Å². The van der Waals surface area contributed by atoms with Gasteiger partial charge in [0, 0.05) is 12.0 Å². The van der Waals surface area contributed by atoms with Crippen molar-refractivity contribution in [2.45, 2.75) is 30.4 Å². The van der Waals surface area contributed by atoms with Crippen molar-refractivity contribution in [1.29, 1.82) is 0 Å². The molecule has 2 aromatic rings. The molecule has 1 aliphatic heterocycles. The fourth-order valence-corrected chi connectivity index (χ4v) is 3.38. The van der Waals surface area contributed by atoms with E-state index in [2.05, 4.69) is 21.0 Å². The molecule has 6 nitrogen and oxygen atoms in total. The zero-order valence-electron chi connectivity index (χ0n) is 10.5. The lowest BCUT2D eigenvalue weighted by molar-refractivity contribution is -0.0368. The molecule has 0 bridgehead atoms. The molecular weight excluding hydrogens is 348 g/mol. The minimum atomic E-state index is -4.23. The maximum Gasteiger partial charge on any atom is 0.294 e. The number of hydrogen-bond donors (Lipinski definition) is 1. The fourth-order valence-electron chi connectivity index (χ4n) is 2.37. The molecule has 1 fully saturated rings. The van der Waals surface area contributed by atoms with Gasteiger partial charge >= 0.3 is 0 Å². The topological polar surface area (TPSA) is 81.4 Å². The summed E-state index contributed by atoms with van der Waals surface area (Å²) in [6.07, 6.45) is 2.70. The molecule has 20 heavy (non-hydrogen) atoms. The molecule has 0 amide bonds. The Labute approximate surface area is 124 Å². The second-order valence-electron chi connectivity index (χ2n) is 4.71. The van der Waals surface area contributed by atoms with Gasteiger partial charge in [-0.2, -0.15) is 13.5 Å². The van der Waals surface area contributed by atoms with E-state index < -0.39 is 10.1 Å². The van der Waals surface area contributed by atoms with Crippen LogP contribution in [0.25, 0.3) is 10.9 Å². The summed E-state index contributed by atoms with van der Waals surface area (Å²) in [7, 11) is -4.23. The Balaban J connectivity index is 2.16. The van der Waals surface area contributed by atoms with Crippen LogP contribution in [0, 0.1) is 0 Å². The predicted octanol–water partition coefficient (Wildman–Crippen LogP) is 2.74. The summed E-state index contributed by atoms with van der Waals surface area (Å²) >= 11 is 3.36. The molecule has 0 radical (unpaired) electrons. The van der Waals surface area contributed by atoms with Gasteiger partial charge in [-0.1, -0.05) is 0 Å². The van der Waals surface area contributed by atoms with Crippen LogP contribution in [0.5, 0.6) is 0 Å². The smallest absolute Gasteiger partial charge is 0.294 e. The summed E-state index contributed by atoms with van der Waals surface area (Å²) in [6.45, 7) is 0.668. The summed E-state index contributed by atoms with van der Waals surface area (Å²) in [4.78, 5) is -0.144. The summed E-state index contributed by atoms with van der Waals surface area (Å²) in [5, 5.41) is 5.15. The highest BCUT2D eigenvalue weighted by Crippen LogP contribution is 2.31. The molecule has 1 N–H and O–H groups in total. The van der Waals surface area contributed by atoms with Crippen LogP contribution in [-0.2, 0) is 14.9 Å². The first kappa shape index (κ1) is 14.0. The van der Waals surface area contributed by atoms with E-state index in [1.54, 1.807) is 10.7 Å². The lowest BCUT2D eigenvalue weighted by Crippen LogP contribution is -2.19. The van der Waals surface area contributed by atoms with Crippen molar-refractivity contribution >= 4 is 37.0 Å². The van der Waals surface area contributed by atoms with E-state index in [9.17, 15) is 8.42 Å². The molecule has 0 aliphatic carbocycles. The van der Waals surface area contributed by atoms with Crippen molar-refractivity contribution in [1.82, 2.24) is 9.78 Å². The van der Waals surface area contributed by atoms with Gasteiger partial charge in [-0.3, -0.25) is 4.55 Å². The summed E-state index contributed by atoms with van der Waals surface area (Å²) < 4.78 is 39.6. The molecule has 3 rings (SSSR count). The van der Waals surface area contributed by atoms with Gasteiger partial charge in [-0.25, -0.2) is 4.68 Å². The normalized spacial score (nSPS) is 20.4. The highest BCUT2D eigenvalue weighted by atomic mass is 79.9. The highest BCUT2D eigenvalue weighted by Gasteiger charge is 2.21. The fraction of sp³-hybridized carbons (Fsp3) is 0.417. The van der Waals surface area contributed by atoms with E-state index in [-0.39, 0.29) is 11.1 Å². The molecule has 1 aromatic carbocycles. The largest absolute Gasteiger partial charge is 0.356 e. The Morgan fingerprint density at radius 1 is 1.40 bits per heavy atom. The van der Waals surface area contributed by atoms with Gasteiger partial charge in [0.05, 0.1) is 10.4 Å². The molecule has 1 atom stereocenters. The molecule has 2 heterocycles. The van der Waals surface area contributed by atoms with E-state index >= 15 is 0 Å². The zero-order valence-corrected chi connectivity index (χ0v) is 12.9. The molecule has 1 unspecified atom stereocenters. The van der Waals surface area contributed by atoms with Crippen LogP contribution in [-0.4, -0.2) is 29.4 Å². The number of hydrogen-bond acceptors (Lipinski definition) is 4. The van der Waals surface area contributed by atoms with Crippen molar-refractivity contribution in [2.75, 3.05) is 6.61 Å². The summed E-state index contributed by atoms with van der Waals surface area (Å²) in [6, 6.07) is 4.39. The highest BCUT2D eigenvalue weighted by molar-refractivity contribution is 9.10. The molecule has 1 aromatic heterocycles. The average molecular weight is 361 g/mol. The monoisotopic (exact) mass is 360 g/mol. The number of aromatic nitrogens is 2. The first-order chi connectivity index (χ1) is 9.47. The molecule has 0 saturated carbocycles. The molecule has 8 heteroatoms. The van der Waals surface area contributed by atoms with Gasteiger partial charge in [0.2, 0.25) is 0 Å². The third-order valence-corrected chi connectivity index (χ3v) is 4.80.